The summed E-state index contributed by atoms with van der Waals surface area (Å²) < 4.78 is 11.5. The molecule has 0 amide bonds. The van der Waals surface area contributed by atoms with E-state index in [-0.39, 0.29) is 5.04 Å². The number of carbonyl (C=O) groups is 1. The fourth-order valence-corrected chi connectivity index (χ4v) is 3.58. The maximum absolute atomic E-state index is 11.7. The number of allylic oxidation sites excluding steroid dienone is 4. The summed E-state index contributed by atoms with van der Waals surface area (Å²) in [5, 5.41) is 10.3. The lowest BCUT2D eigenvalue weighted by Gasteiger charge is -2.38. The van der Waals surface area contributed by atoms with E-state index in [0.29, 0.717) is 12.0 Å². The Bertz CT molecular complexity index is 798. The minimum absolute atomic E-state index is 0.00366. The Morgan fingerprint density at radius 1 is 1.14 bits per heavy atom. The third-order valence-corrected chi connectivity index (χ3v) is 9.65. The molecule has 4 nitrogen and oxygen atoms in total. The van der Waals surface area contributed by atoms with Crippen LogP contribution in [0.15, 0.2) is 72.4 Å². The molecule has 0 fully saturated rings. The Labute approximate surface area is 175 Å². The summed E-state index contributed by atoms with van der Waals surface area (Å²) in [4.78, 5) is 11.7. The van der Waals surface area contributed by atoms with Gasteiger partial charge in [0.15, 0.2) is 8.32 Å². The maximum Gasteiger partial charge on any atom is 0.333 e. The second-order valence-electron chi connectivity index (χ2n) is 8.68. The van der Waals surface area contributed by atoms with Crippen LogP contribution in [0.1, 0.15) is 32.8 Å². The summed E-state index contributed by atoms with van der Waals surface area (Å²) in [6.45, 7) is 10.6. The van der Waals surface area contributed by atoms with Crippen molar-refractivity contribution in [1.29, 1.82) is 0 Å². The predicted molar refractivity (Wildman–Crippen MR) is 121 cm³/mol. The molecule has 156 valence electrons. The topological polar surface area (TPSA) is 55.8 Å². The highest BCUT2D eigenvalue weighted by Crippen LogP contribution is 2.39. The van der Waals surface area contributed by atoms with Crippen molar-refractivity contribution in [2.75, 3.05) is 0 Å². The molecule has 0 radical (unpaired) electrons. The molecule has 2 rings (SSSR count). The van der Waals surface area contributed by atoms with E-state index in [0.717, 1.165) is 5.56 Å². The lowest BCUT2D eigenvalue weighted by Crippen LogP contribution is -2.44. The summed E-state index contributed by atoms with van der Waals surface area (Å²) in [6, 6.07) is 10.0. The van der Waals surface area contributed by atoms with Gasteiger partial charge in [-0.2, -0.15) is 0 Å². The average molecular weight is 413 g/mol. The van der Waals surface area contributed by atoms with Gasteiger partial charge >= 0.3 is 5.97 Å². The number of carbonyl (C=O) groups excluding carboxylic acids is 1. The molecule has 2 atom stereocenters. The molecule has 0 bridgehead atoms. The molecule has 1 heterocycles. The number of aliphatic hydroxyl groups is 1. The molecular formula is C24H32O4Si. The van der Waals surface area contributed by atoms with Gasteiger partial charge in [-0.1, -0.05) is 87.6 Å². The first-order valence-corrected chi connectivity index (χ1v) is 12.8. The number of aliphatic hydroxyl groups excluding tert-OH is 1. The van der Waals surface area contributed by atoms with E-state index in [1.807, 2.05) is 54.6 Å². The van der Waals surface area contributed by atoms with E-state index in [4.69, 9.17) is 9.16 Å². The lowest BCUT2D eigenvalue weighted by molar-refractivity contribution is -0.149. The van der Waals surface area contributed by atoms with Crippen molar-refractivity contribution < 1.29 is 19.1 Å². The van der Waals surface area contributed by atoms with Gasteiger partial charge in [0, 0.05) is 18.1 Å². The molecule has 0 aliphatic carbocycles. The van der Waals surface area contributed by atoms with E-state index in [9.17, 15) is 9.90 Å². The molecule has 0 spiro atoms. The Kier molecular flexibility index (Phi) is 7.96. The van der Waals surface area contributed by atoms with Gasteiger partial charge in [0.2, 0.25) is 6.29 Å². The number of benzene rings is 1. The van der Waals surface area contributed by atoms with Gasteiger partial charge < -0.3 is 14.3 Å². The quantitative estimate of drug-likeness (QED) is 0.353. The molecule has 0 saturated heterocycles. The van der Waals surface area contributed by atoms with Gasteiger partial charge in [0.05, 0.1) is 6.10 Å². The number of cyclic esters (lactones) is 1. The van der Waals surface area contributed by atoms with Crippen LogP contribution in [0.3, 0.4) is 0 Å². The number of hydrogen-bond donors (Lipinski definition) is 1. The first kappa shape index (κ1) is 23.1. The molecule has 5 heteroatoms. The molecule has 29 heavy (non-hydrogen) atoms. The van der Waals surface area contributed by atoms with Gasteiger partial charge in [-0.3, -0.25) is 0 Å². The third-order valence-electron chi connectivity index (χ3n) is 5.24. The SMILES string of the molecule is CC(C)(C)[Si](C)(C)OC1OC(=O)C=C1CC(O)/C=C/C=C/C=C/c1ccccc1. The number of ether oxygens (including phenoxy) is 1. The number of hydrogen-bond acceptors (Lipinski definition) is 4. The van der Waals surface area contributed by atoms with Crippen LogP contribution in [0.25, 0.3) is 6.08 Å². The van der Waals surface area contributed by atoms with Gasteiger partial charge in [-0.15, -0.1) is 0 Å². The zero-order valence-electron chi connectivity index (χ0n) is 18.0. The summed E-state index contributed by atoms with van der Waals surface area (Å²) in [5.41, 5.74) is 1.82. The number of rotatable bonds is 8. The zero-order valence-corrected chi connectivity index (χ0v) is 19.0. The highest BCUT2D eigenvalue weighted by atomic mass is 28.4. The first-order valence-electron chi connectivity index (χ1n) is 9.92. The van der Waals surface area contributed by atoms with E-state index < -0.39 is 26.7 Å². The normalized spacial score (nSPS) is 19.3. The second kappa shape index (κ2) is 10.0. The summed E-state index contributed by atoms with van der Waals surface area (Å²) in [5.74, 6) is -0.411. The van der Waals surface area contributed by atoms with Crippen molar-refractivity contribution in [2.24, 2.45) is 0 Å². The maximum atomic E-state index is 11.7. The standard InChI is InChI=1S/C24H32O4Si/c1-24(2,3)29(4,5)28-23-20(18-22(26)27-23)17-21(25)16-12-7-6-9-13-19-14-10-8-11-15-19/h6-16,18,21,23,25H,17H2,1-5H3/b7-6+,13-9+,16-12+. The van der Waals surface area contributed by atoms with Crippen LogP contribution in [0.2, 0.25) is 18.1 Å². The molecule has 0 saturated carbocycles. The number of esters is 1. The fraction of sp³-hybridized carbons (Fsp3) is 0.375. The minimum atomic E-state index is -2.10. The third kappa shape index (κ3) is 7.27. The lowest BCUT2D eigenvalue weighted by atomic mass is 10.1. The van der Waals surface area contributed by atoms with Crippen LogP contribution in [0.5, 0.6) is 0 Å². The van der Waals surface area contributed by atoms with E-state index in [1.165, 1.54) is 6.08 Å². The Morgan fingerprint density at radius 3 is 2.45 bits per heavy atom. The zero-order chi connectivity index (χ0) is 21.5. The molecule has 1 aromatic carbocycles. The van der Waals surface area contributed by atoms with Gasteiger partial charge in [0.1, 0.15) is 0 Å². The van der Waals surface area contributed by atoms with Crippen molar-refractivity contribution >= 4 is 20.4 Å². The van der Waals surface area contributed by atoms with Gasteiger partial charge in [-0.25, -0.2) is 4.79 Å². The van der Waals surface area contributed by atoms with Crippen molar-refractivity contribution in [3.63, 3.8) is 0 Å². The highest BCUT2D eigenvalue weighted by molar-refractivity contribution is 6.74. The minimum Gasteiger partial charge on any atom is -0.429 e. The Morgan fingerprint density at radius 2 is 1.79 bits per heavy atom. The molecular weight excluding hydrogens is 380 g/mol. The van der Waals surface area contributed by atoms with E-state index in [2.05, 4.69) is 33.9 Å². The van der Waals surface area contributed by atoms with Crippen LogP contribution in [-0.2, 0) is 14.0 Å². The van der Waals surface area contributed by atoms with Crippen molar-refractivity contribution in [3.8, 4) is 0 Å². The monoisotopic (exact) mass is 412 g/mol. The Balaban J connectivity index is 1.89. The summed E-state index contributed by atoms with van der Waals surface area (Å²) >= 11 is 0. The molecule has 1 N–H and O–H groups in total. The molecule has 1 aromatic rings. The van der Waals surface area contributed by atoms with Crippen LogP contribution in [-0.4, -0.2) is 31.8 Å². The Hall–Kier alpha value is -2.21. The van der Waals surface area contributed by atoms with E-state index >= 15 is 0 Å². The highest BCUT2D eigenvalue weighted by Gasteiger charge is 2.42. The molecule has 0 aromatic heterocycles. The van der Waals surface area contributed by atoms with Crippen molar-refractivity contribution in [2.45, 2.75) is 57.7 Å². The summed E-state index contributed by atoms with van der Waals surface area (Å²) in [6.07, 6.45) is 11.5. The average Bonchev–Trinajstić information content (AvgIpc) is 2.96. The van der Waals surface area contributed by atoms with Crippen LogP contribution in [0.4, 0.5) is 0 Å². The summed E-state index contributed by atoms with van der Waals surface area (Å²) in [7, 11) is -2.10. The second-order valence-corrected chi connectivity index (χ2v) is 13.4. The van der Waals surface area contributed by atoms with Gasteiger partial charge in [-0.05, 0) is 23.7 Å². The fourth-order valence-electron chi connectivity index (χ4n) is 2.49. The van der Waals surface area contributed by atoms with Crippen molar-refractivity contribution in [1.82, 2.24) is 0 Å². The molecule has 1 aliphatic rings. The van der Waals surface area contributed by atoms with E-state index in [1.54, 1.807) is 12.2 Å². The van der Waals surface area contributed by atoms with Crippen LogP contribution < -0.4 is 0 Å². The van der Waals surface area contributed by atoms with Gasteiger partial charge in [0.25, 0.3) is 0 Å². The first-order chi connectivity index (χ1) is 13.6. The smallest absolute Gasteiger partial charge is 0.333 e. The van der Waals surface area contributed by atoms with Crippen LogP contribution >= 0.6 is 0 Å². The molecule has 2 unspecified atom stereocenters. The predicted octanol–water partition coefficient (Wildman–Crippen LogP) is 5.39. The van der Waals surface area contributed by atoms with Crippen LogP contribution in [0, 0.1) is 0 Å². The van der Waals surface area contributed by atoms with Crippen molar-refractivity contribution in [3.05, 3.63) is 77.9 Å². The molecule has 1 aliphatic heterocycles. The largest absolute Gasteiger partial charge is 0.429 e.